The summed E-state index contributed by atoms with van der Waals surface area (Å²) in [6.07, 6.45) is 9.63. The molecule has 0 fully saturated rings. The largest absolute Gasteiger partial charge is 0.497 e. The molecule has 1 aliphatic carbocycles. The third-order valence-corrected chi connectivity index (χ3v) is 2.64. The molecule has 76 valence electrons. The zero-order valence-electron chi connectivity index (χ0n) is 8.77. The minimum absolute atomic E-state index is 0.156. The second-order valence-corrected chi connectivity index (χ2v) is 3.52. The first kappa shape index (κ1) is 9.60. The molecule has 0 saturated carbocycles. The molecular formula is C12H12N2O. The molecular weight excluding hydrogens is 188 g/mol. The molecule has 0 aromatic heterocycles. The minimum atomic E-state index is 0.156. The van der Waals surface area contributed by atoms with Crippen LogP contribution in [0, 0.1) is 11.3 Å². The molecule has 15 heavy (non-hydrogen) atoms. The Morgan fingerprint density at radius 1 is 1.47 bits per heavy atom. The lowest BCUT2D eigenvalue weighted by Gasteiger charge is -2.31. The maximum atomic E-state index is 9.00. The molecule has 2 rings (SSSR count). The number of likely N-dealkylation sites (N-methyl/N-ethyl adjacent to an activating group) is 1. The molecule has 1 atom stereocenters. The summed E-state index contributed by atoms with van der Waals surface area (Å²) in [7, 11) is 3.62. The standard InChI is InChI=1S/C12H12N2O/c1-14-6-5-9(8-13)11-7-10(15-2)3-4-12(11)14/h3-7,12H,1-2H3. The van der Waals surface area contributed by atoms with Crippen molar-refractivity contribution in [1.82, 2.24) is 4.90 Å². The van der Waals surface area contributed by atoms with Gasteiger partial charge < -0.3 is 9.64 Å². The fraction of sp³-hybridized carbons (Fsp3) is 0.250. The van der Waals surface area contributed by atoms with E-state index in [9.17, 15) is 0 Å². The van der Waals surface area contributed by atoms with Crippen molar-refractivity contribution in [2.24, 2.45) is 0 Å². The molecule has 3 heteroatoms. The number of nitrogens with zero attached hydrogens (tertiary/aromatic N) is 2. The van der Waals surface area contributed by atoms with Gasteiger partial charge in [0, 0.05) is 13.2 Å². The molecule has 0 amide bonds. The molecule has 0 aromatic rings. The highest BCUT2D eigenvalue weighted by Crippen LogP contribution is 2.27. The van der Waals surface area contributed by atoms with Crippen LogP contribution in [0.3, 0.4) is 0 Å². The number of nitriles is 1. The van der Waals surface area contributed by atoms with Crippen LogP contribution in [0.2, 0.25) is 0 Å². The SMILES string of the molecule is COC1=CC2=C(C#N)C=CN(C)C2C=C1. The fourth-order valence-corrected chi connectivity index (χ4v) is 1.78. The third-order valence-electron chi connectivity index (χ3n) is 2.64. The summed E-state index contributed by atoms with van der Waals surface area (Å²) in [6.45, 7) is 0. The lowest BCUT2D eigenvalue weighted by molar-refractivity contribution is 0.302. The van der Waals surface area contributed by atoms with Crippen LogP contribution in [0.4, 0.5) is 0 Å². The average Bonchev–Trinajstić information content (AvgIpc) is 2.29. The van der Waals surface area contributed by atoms with Gasteiger partial charge in [0.25, 0.3) is 0 Å². The minimum Gasteiger partial charge on any atom is -0.497 e. The van der Waals surface area contributed by atoms with Gasteiger partial charge >= 0.3 is 0 Å². The van der Waals surface area contributed by atoms with Crippen molar-refractivity contribution < 1.29 is 4.74 Å². The van der Waals surface area contributed by atoms with Gasteiger partial charge in [0.05, 0.1) is 24.8 Å². The summed E-state index contributed by atoms with van der Waals surface area (Å²) in [4.78, 5) is 2.07. The molecule has 0 radical (unpaired) electrons. The van der Waals surface area contributed by atoms with Crippen molar-refractivity contribution in [3.63, 3.8) is 0 Å². The molecule has 0 N–H and O–H groups in total. The fourth-order valence-electron chi connectivity index (χ4n) is 1.78. The number of methoxy groups -OCH3 is 1. The van der Waals surface area contributed by atoms with Crippen LogP contribution in [0.1, 0.15) is 0 Å². The van der Waals surface area contributed by atoms with Gasteiger partial charge in [-0.3, -0.25) is 0 Å². The van der Waals surface area contributed by atoms with Gasteiger partial charge in [-0.2, -0.15) is 5.26 Å². The van der Waals surface area contributed by atoms with Gasteiger partial charge in [-0.15, -0.1) is 0 Å². The van der Waals surface area contributed by atoms with Gasteiger partial charge in [-0.25, -0.2) is 0 Å². The summed E-state index contributed by atoms with van der Waals surface area (Å²) in [5.41, 5.74) is 1.71. The van der Waals surface area contributed by atoms with Crippen molar-refractivity contribution >= 4 is 0 Å². The predicted molar refractivity (Wildman–Crippen MR) is 57.6 cm³/mol. The molecule has 3 nitrogen and oxygen atoms in total. The molecule has 1 heterocycles. The Hall–Kier alpha value is -1.95. The van der Waals surface area contributed by atoms with Crippen molar-refractivity contribution in [2.75, 3.05) is 14.2 Å². The first-order valence-electron chi connectivity index (χ1n) is 4.74. The molecule has 0 bridgehead atoms. The maximum Gasteiger partial charge on any atom is 0.119 e. The molecule has 0 aromatic carbocycles. The Bertz CT molecular complexity index is 435. The number of hydrogen-bond donors (Lipinski definition) is 0. The molecule has 0 spiro atoms. The van der Waals surface area contributed by atoms with Crippen LogP contribution in [0.15, 0.2) is 47.4 Å². The van der Waals surface area contributed by atoms with E-state index in [1.165, 1.54) is 0 Å². The number of allylic oxidation sites excluding steroid dienone is 3. The summed E-state index contributed by atoms with van der Waals surface area (Å²) in [5.74, 6) is 0.790. The normalized spacial score (nSPS) is 23.4. The van der Waals surface area contributed by atoms with Crippen molar-refractivity contribution in [2.45, 2.75) is 6.04 Å². The quantitative estimate of drug-likeness (QED) is 0.646. The Balaban J connectivity index is 2.48. The van der Waals surface area contributed by atoms with Gasteiger partial charge in [-0.1, -0.05) is 6.08 Å². The average molecular weight is 200 g/mol. The second-order valence-electron chi connectivity index (χ2n) is 3.52. The van der Waals surface area contributed by atoms with E-state index >= 15 is 0 Å². The Morgan fingerprint density at radius 2 is 2.27 bits per heavy atom. The van der Waals surface area contributed by atoms with E-state index in [-0.39, 0.29) is 6.04 Å². The molecule has 1 aliphatic heterocycles. The van der Waals surface area contributed by atoms with Crippen molar-refractivity contribution in [1.29, 1.82) is 5.26 Å². The first-order valence-corrected chi connectivity index (χ1v) is 4.74. The summed E-state index contributed by atoms with van der Waals surface area (Å²) in [6, 6.07) is 2.36. The third kappa shape index (κ3) is 1.55. The smallest absolute Gasteiger partial charge is 0.119 e. The van der Waals surface area contributed by atoms with Gasteiger partial charge in [-0.05, 0) is 23.8 Å². The highest BCUT2D eigenvalue weighted by molar-refractivity contribution is 5.52. The van der Waals surface area contributed by atoms with E-state index in [1.54, 1.807) is 7.11 Å². The monoisotopic (exact) mass is 200 g/mol. The highest BCUT2D eigenvalue weighted by Gasteiger charge is 2.23. The summed E-state index contributed by atoms with van der Waals surface area (Å²) >= 11 is 0. The van der Waals surface area contributed by atoms with Crippen LogP contribution in [0.25, 0.3) is 0 Å². The first-order chi connectivity index (χ1) is 7.26. The van der Waals surface area contributed by atoms with E-state index in [0.717, 1.165) is 11.3 Å². The van der Waals surface area contributed by atoms with Gasteiger partial charge in [0.2, 0.25) is 0 Å². The molecule has 2 aliphatic rings. The van der Waals surface area contributed by atoms with E-state index in [0.29, 0.717) is 5.57 Å². The summed E-state index contributed by atoms with van der Waals surface area (Å²) in [5, 5.41) is 9.00. The second kappa shape index (κ2) is 3.66. The number of ether oxygens (including phenoxy) is 1. The van der Waals surface area contributed by atoms with Crippen molar-refractivity contribution in [3.8, 4) is 6.07 Å². The van der Waals surface area contributed by atoms with E-state index in [2.05, 4.69) is 11.0 Å². The van der Waals surface area contributed by atoms with Crippen LogP contribution in [-0.2, 0) is 4.74 Å². The van der Waals surface area contributed by atoms with Crippen LogP contribution >= 0.6 is 0 Å². The van der Waals surface area contributed by atoms with Crippen LogP contribution in [-0.4, -0.2) is 25.1 Å². The molecule has 1 unspecified atom stereocenters. The Labute approximate surface area is 89.2 Å². The Morgan fingerprint density at radius 3 is 2.93 bits per heavy atom. The van der Waals surface area contributed by atoms with Crippen LogP contribution < -0.4 is 0 Å². The summed E-state index contributed by atoms with van der Waals surface area (Å²) < 4.78 is 5.16. The predicted octanol–water partition coefficient (Wildman–Crippen LogP) is 1.73. The zero-order chi connectivity index (χ0) is 10.8. The highest BCUT2D eigenvalue weighted by atomic mass is 16.5. The maximum absolute atomic E-state index is 9.00. The van der Waals surface area contributed by atoms with Gasteiger partial charge in [0.15, 0.2) is 0 Å². The number of hydrogen-bond acceptors (Lipinski definition) is 3. The zero-order valence-corrected chi connectivity index (χ0v) is 8.77. The van der Waals surface area contributed by atoms with E-state index < -0.39 is 0 Å². The lowest BCUT2D eigenvalue weighted by Crippen LogP contribution is -2.31. The van der Waals surface area contributed by atoms with E-state index in [1.807, 2.05) is 37.6 Å². The topological polar surface area (TPSA) is 36.3 Å². The molecule has 0 saturated heterocycles. The number of rotatable bonds is 1. The number of fused-ring (bicyclic) bond motifs is 1. The van der Waals surface area contributed by atoms with Crippen LogP contribution in [0.5, 0.6) is 0 Å². The van der Waals surface area contributed by atoms with Gasteiger partial charge in [0.1, 0.15) is 5.76 Å². The van der Waals surface area contributed by atoms with Crippen molar-refractivity contribution in [3.05, 3.63) is 47.4 Å². The Kier molecular flexibility index (Phi) is 2.34. The van der Waals surface area contributed by atoms with E-state index in [4.69, 9.17) is 10.00 Å². The lowest BCUT2D eigenvalue weighted by atomic mass is 9.93.